The molecule has 0 aliphatic heterocycles. The van der Waals surface area contributed by atoms with Crippen molar-refractivity contribution in [2.75, 3.05) is 0 Å². The number of nitrogens with zero attached hydrogens (tertiary/aromatic N) is 1. The highest BCUT2D eigenvalue weighted by molar-refractivity contribution is 6.31. The van der Waals surface area contributed by atoms with Crippen molar-refractivity contribution in [2.24, 2.45) is 0 Å². The molecule has 1 aromatic heterocycles. The molecule has 0 bridgehead atoms. The van der Waals surface area contributed by atoms with Crippen LogP contribution in [0.15, 0.2) is 47.0 Å². The molecule has 27 heavy (non-hydrogen) atoms. The molecular formula is C22H22ClFN2O. The Balaban J connectivity index is 1.63. The molecule has 0 fully saturated rings. The molecule has 1 heterocycles. The molecule has 1 aliphatic rings. The first-order valence-corrected chi connectivity index (χ1v) is 9.71. The fourth-order valence-electron chi connectivity index (χ4n) is 3.69. The van der Waals surface area contributed by atoms with Crippen molar-refractivity contribution in [3.63, 3.8) is 0 Å². The predicted molar refractivity (Wildman–Crippen MR) is 104 cm³/mol. The lowest BCUT2D eigenvalue weighted by Crippen LogP contribution is -2.23. The van der Waals surface area contributed by atoms with Gasteiger partial charge in [-0.3, -0.25) is 0 Å². The first kappa shape index (κ1) is 18.2. The zero-order valence-electron chi connectivity index (χ0n) is 15.3. The number of hydrogen-bond donors (Lipinski definition) is 1. The van der Waals surface area contributed by atoms with E-state index in [1.165, 1.54) is 29.7 Å². The van der Waals surface area contributed by atoms with Gasteiger partial charge in [-0.15, -0.1) is 0 Å². The molecule has 1 unspecified atom stereocenters. The van der Waals surface area contributed by atoms with Crippen molar-refractivity contribution >= 4 is 11.6 Å². The zero-order chi connectivity index (χ0) is 18.8. The van der Waals surface area contributed by atoms with Crippen molar-refractivity contribution in [3.8, 4) is 0 Å². The Kier molecular flexibility index (Phi) is 5.28. The SMILES string of the molecule is Cc1ccc(C(NCc2noc3c2CCCC3)c2ccc(F)cc2Cl)cc1. The van der Waals surface area contributed by atoms with E-state index >= 15 is 0 Å². The molecular weight excluding hydrogens is 363 g/mol. The molecule has 140 valence electrons. The second kappa shape index (κ2) is 7.83. The minimum Gasteiger partial charge on any atom is -0.361 e. The van der Waals surface area contributed by atoms with Crippen LogP contribution < -0.4 is 5.32 Å². The van der Waals surface area contributed by atoms with E-state index in [0.29, 0.717) is 11.6 Å². The molecule has 2 aromatic carbocycles. The number of benzene rings is 2. The number of rotatable bonds is 5. The average molecular weight is 385 g/mol. The van der Waals surface area contributed by atoms with Gasteiger partial charge in [-0.25, -0.2) is 4.39 Å². The Morgan fingerprint density at radius 1 is 1.15 bits per heavy atom. The van der Waals surface area contributed by atoms with Gasteiger partial charge in [0.05, 0.1) is 6.04 Å². The minimum atomic E-state index is -0.336. The van der Waals surface area contributed by atoms with Crippen molar-refractivity contribution < 1.29 is 8.91 Å². The van der Waals surface area contributed by atoms with E-state index in [9.17, 15) is 4.39 Å². The zero-order valence-corrected chi connectivity index (χ0v) is 16.0. The van der Waals surface area contributed by atoms with Gasteiger partial charge in [0.1, 0.15) is 17.3 Å². The van der Waals surface area contributed by atoms with Crippen molar-refractivity contribution in [2.45, 2.75) is 45.2 Å². The molecule has 0 saturated heterocycles. The third-order valence-electron chi connectivity index (χ3n) is 5.19. The summed E-state index contributed by atoms with van der Waals surface area (Å²) in [5.41, 5.74) is 5.31. The summed E-state index contributed by atoms with van der Waals surface area (Å²) in [6.07, 6.45) is 4.31. The third-order valence-corrected chi connectivity index (χ3v) is 5.52. The van der Waals surface area contributed by atoms with E-state index in [4.69, 9.17) is 16.1 Å². The van der Waals surface area contributed by atoms with Crippen LogP contribution >= 0.6 is 11.6 Å². The van der Waals surface area contributed by atoms with Gasteiger partial charge in [0, 0.05) is 23.6 Å². The van der Waals surface area contributed by atoms with Crippen LogP contribution in [0.5, 0.6) is 0 Å². The van der Waals surface area contributed by atoms with E-state index in [2.05, 4.69) is 41.7 Å². The fourth-order valence-corrected chi connectivity index (χ4v) is 3.96. The van der Waals surface area contributed by atoms with E-state index < -0.39 is 0 Å². The lowest BCUT2D eigenvalue weighted by molar-refractivity contribution is 0.366. The lowest BCUT2D eigenvalue weighted by Gasteiger charge is -2.21. The van der Waals surface area contributed by atoms with E-state index in [1.54, 1.807) is 6.07 Å². The van der Waals surface area contributed by atoms with Crippen molar-refractivity contribution in [1.29, 1.82) is 0 Å². The van der Waals surface area contributed by atoms with Gasteiger partial charge in [-0.2, -0.15) is 0 Å². The summed E-state index contributed by atoms with van der Waals surface area (Å²) in [6.45, 7) is 2.63. The first-order valence-electron chi connectivity index (χ1n) is 9.33. The molecule has 0 amide bonds. The quantitative estimate of drug-likeness (QED) is 0.628. The monoisotopic (exact) mass is 384 g/mol. The third kappa shape index (κ3) is 3.92. The van der Waals surface area contributed by atoms with E-state index in [1.807, 2.05) is 0 Å². The van der Waals surface area contributed by atoms with Crippen LogP contribution in [0.25, 0.3) is 0 Å². The predicted octanol–water partition coefficient (Wildman–Crippen LogP) is 5.53. The Hall–Kier alpha value is -2.17. The number of aromatic nitrogens is 1. The topological polar surface area (TPSA) is 38.1 Å². The summed E-state index contributed by atoms with van der Waals surface area (Å²) in [5.74, 6) is 0.682. The van der Waals surface area contributed by atoms with E-state index in [-0.39, 0.29) is 11.9 Å². The Morgan fingerprint density at radius 3 is 2.70 bits per heavy atom. The van der Waals surface area contributed by atoms with Crippen LogP contribution in [0.2, 0.25) is 5.02 Å². The second-order valence-corrected chi connectivity index (χ2v) is 7.54. The molecule has 5 heteroatoms. The van der Waals surface area contributed by atoms with Gasteiger partial charge in [-0.05, 0) is 49.4 Å². The Bertz CT molecular complexity index is 936. The van der Waals surface area contributed by atoms with Gasteiger partial charge in [0.15, 0.2) is 0 Å². The number of halogens is 2. The molecule has 0 saturated carbocycles. The fraction of sp³-hybridized carbons (Fsp3) is 0.318. The average Bonchev–Trinajstić information content (AvgIpc) is 3.08. The summed E-state index contributed by atoms with van der Waals surface area (Å²) >= 11 is 6.37. The maximum absolute atomic E-state index is 13.5. The first-order chi connectivity index (χ1) is 13.1. The smallest absolute Gasteiger partial charge is 0.140 e. The van der Waals surface area contributed by atoms with E-state index in [0.717, 1.165) is 41.8 Å². The lowest BCUT2D eigenvalue weighted by atomic mass is 9.95. The largest absolute Gasteiger partial charge is 0.361 e. The number of nitrogens with one attached hydrogen (secondary N) is 1. The Morgan fingerprint density at radius 2 is 1.93 bits per heavy atom. The van der Waals surface area contributed by atoms with Gasteiger partial charge in [-0.1, -0.05) is 52.7 Å². The van der Waals surface area contributed by atoms with Crippen LogP contribution in [-0.4, -0.2) is 5.16 Å². The summed E-state index contributed by atoms with van der Waals surface area (Å²) in [7, 11) is 0. The maximum Gasteiger partial charge on any atom is 0.140 e. The van der Waals surface area contributed by atoms with Crippen LogP contribution in [0.1, 0.15) is 52.6 Å². The normalized spacial score (nSPS) is 14.8. The highest BCUT2D eigenvalue weighted by Crippen LogP contribution is 2.30. The van der Waals surface area contributed by atoms with Crippen LogP contribution in [0.4, 0.5) is 4.39 Å². The molecule has 3 aromatic rings. The summed E-state index contributed by atoms with van der Waals surface area (Å²) in [6, 6.07) is 12.7. The second-order valence-electron chi connectivity index (χ2n) is 7.13. The highest BCUT2D eigenvalue weighted by atomic mass is 35.5. The number of hydrogen-bond acceptors (Lipinski definition) is 3. The number of fused-ring (bicyclic) bond motifs is 1. The van der Waals surface area contributed by atoms with Crippen LogP contribution in [-0.2, 0) is 19.4 Å². The molecule has 0 spiro atoms. The van der Waals surface area contributed by atoms with Gasteiger partial charge in [0.25, 0.3) is 0 Å². The molecule has 4 rings (SSSR count). The minimum absolute atomic E-state index is 0.158. The van der Waals surface area contributed by atoms with Crippen LogP contribution in [0, 0.1) is 12.7 Å². The van der Waals surface area contributed by atoms with Crippen molar-refractivity contribution in [3.05, 3.63) is 87.0 Å². The molecule has 1 atom stereocenters. The molecule has 0 radical (unpaired) electrons. The van der Waals surface area contributed by atoms with Crippen LogP contribution in [0.3, 0.4) is 0 Å². The maximum atomic E-state index is 13.5. The summed E-state index contributed by atoms with van der Waals surface area (Å²) in [5, 5.41) is 8.24. The molecule has 3 nitrogen and oxygen atoms in total. The van der Waals surface area contributed by atoms with Gasteiger partial charge >= 0.3 is 0 Å². The molecule has 1 N–H and O–H groups in total. The summed E-state index contributed by atoms with van der Waals surface area (Å²) in [4.78, 5) is 0. The van der Waals surface area contributed by atoms with Gasteiger partial charge in [0.2, 0.25) is 0 Å². The summed E-state index contributed by atoms with van der Waals surface area (Å²) < 4.78 is 19.1. The highest BCUT2D eigenvalue weighted by Gasteiger charge is 2.22. The molecule has 1 aliphatic carbocycles. The van der Waals surface area contributed by atoms with Gasteiger partial charge < -0.3 is 9.84 Å². The van der Waals surface area contributed by atoms with Crippen molar-refractivity contribution in [1.82, 2.24) is 10.5 Å². The standard InChI is InChI=1S/C22H22ClFN2O/c1-14-6-8-15(9-7-14)22(17-11-10-16(24)12-19(17)23)25-13-20-18-4-2-3-5-21(18)27-26-20/h6-12,22,25H,2-5,13H2,1H3. The Labute approximate surface area is 163 Å². The number of aryl methyl sites for hydroxylation is 2.